The molecule has 0 radical (unpaired) electrons. The average molecular weight is 242 g/mol. The van der Waals surface area contributed by atoms with Gasteiger partial charge in [-0.2, -0.15) is 0 Å². The highest BCUT2D eigenvalue weighted by atomic mass is 16.1. The average Bonchev–Trinajstić information content (AvgIpc) is 2.40. The molecule has 0 spiro atoms. The zero-order valence-corrected chi connectivity index (χ0v) is 10.1. The molecule has 1 aromatic carbocycles. The Morgan fingerprint density at radius 2 is 1.94 bits per heavy atom. The molecule has 1 amide bonds. The van der Waals surface area contributed by atoms with Crippen LogP contribution < -0.4 is 10.6 Å². The maximum atomic E-state index is 10.9. The van der Waals surface area contributed by atoms with Crippen LogP contribution in [-0.4, -0.2) is 22.9 Å². The van der Waals surface area contributed by atoms with Crippen molar-refractivity contribution in [1.82, 2.24) is 9.97 Å². The van der Waals surface area contributed by atoms with Crippen LogP contribution in [0.3, 0.4) is 0 Å². The Hall–Kier alpha value is -2.43. The number of primary amides is 1. The summed E-state index contributed by atoms with van der Waals surface area (Å²) in [5, 5.41) is 0. The minimum Gasteiger partial charge on any atom is -0.364 e. The number of carbonyl (C=O) groups excluding carboxylic acids is 1. The Bertz CT molecular complexity index is 524. The van der Waals surface area contributed by atoms with E-state index in [0.717, 1.165) is 6.54 Å². The van der Waals surface area contributed by atoms with Crippen LogP contribution in [0.1, 0.15) is 16.1 Å². The number of aromatic nitrogens is 2. The molecule has 0 aliphatic rings. The first kappa shape index (κ1) is 12.0. The predicted molar refractivity (Wildman–Crippen MR) is 69.1 cm³/mol. The van der Waals surface area contributed by atoms with E-state index < -0.39 is 5.91 Å². The number of nitrogens with zero attached hydrogens (tertiary/aromatic N) is 3. The highest BCUT2D eigenvalue weighted by Crippen LogP contribution is 2.11. The van der Waals surface area contributed by atoms with Crippen molar-refractivity contribution in [2.45, 2.75) is 6.54 Å². The van der Waals surface area contributed by atoms with Gasteiger partial charge in [0.25, 0.3) is 5.91 Å². The molecule has 0 bridgehead atoms. The molecule has 1 heterocycles. The highest BCUT2D eigenvalue weighted by Gasteiger charge is 2.06. The SMILES string of the molecule is CN(Cc1ccccc1)c1cnc(C(N)=O)cn1. The fraction of sp³-hybridized carbons (Fsp3) is 0.154. The molecule has 5 nitrogen and oxygen atoms in total. The maximum Gasteiger partial charge on any atom is 0.268 e. The molecule has 5 heteroatoms. The van der Waals surface area contributed by atoms with Gasteiger partial charge in [0.2, 0.25) is 0 Å². The Morgan fingerprint density at radius 1 is 1.22 bits per heavy atom. The molecule has 0 saturated heterocycles. The normalized spacial score (nSPS) is 10.1. The number of anilines is 1. The van der Waals surface area contributed by atoms with Gasteiger partial charge in [0.1, 0.15) is 11.5 Å². The second-order valence-electron chi connectivity index (χ2n) is 3.97. The lowest BCUT2D eigenvalue weighted by Crippen LogP contribution is -2.19. The van der Waals surface area contributed by atoms with E-state index in [0.29, 0.717) is 5.82 Å². The van der Waals surface area contributed by atoms with Gasteiger partial charge in [0.15, 0.2) is 0 Å². The summed E-state index contributed by atoms with van der Waals surface area (Å²) in [6, 6.07) is 10.0. The monoisotopic (exact) mass is 242 g/mol. The van der Waals surface area contributed by atoms with Crippen LogP contribution in [0, 0.1) is 0 Å². The Labute approximate surface area is 105 Å². The third-order valence-electron chi connectivity index (χ3n) is 2.54. The lowest BCUT2D eigenvalue weighted by molar-refractivity contribution is 0.0995. The van der Waals surface area contributed by atoms with E-state index in [1.54, 1.807) is 6.20 Å². The summed E-state index contributed by atoms with van der Waals surface area (Å²) >= 11 is 0. The van der Waals surface area contributed by atoms with Gasteiger partial charge in [-0.15, -0.1) is 0 Å². The van der Waals surface area contributed by atoms with Gasteiger partial charge >= 0.3 is 0 Å². The van der Waals surface area contributed by atoms with Crippen molar-refractivity contribution in [2.24, 2.45) is 5.73 Å². The van der Waals surface area contributed by atoms with Crippen molar-refractivity contribution in [2.75, 3.05) is 11.9 Å². The first-order valence-corrected chi connectivity index (χ1v) is 5.54. The summed E-state index contributed by atoms with van der Waals surface area (Å²) in [5.74, 6) is 0.128. The summed E-state index contributed by atoms with van der Waals surface area (Å²) in [7, 11) is 1.92. The van der Waals surface area contributed by atoms with Gasteiger partial charge in [-0.3, -0.25) is 4.79 Å². The van der Waals surface area contributed by atoms with E-state index in [1.165, 1.54) is 11.8 Å². The van der Waals surface area contributed by atoms with Crippen LogP contribution in [0.15, 0.2) is 42.7 Å². The number of amides is 1. The number of hydrogen-bond donors (Lipinski definition) is 1. The van der Waals surface area contributed by atoms with Crippen LogP contribution in [0.5, 0.6) is 0 Å². The molecule has 18 heavy (non-hydrogen) atoms. The lowest BCUT2D eigenvalue weighted by atomic mass is 10.2. The van der Waals surface area contributed by atoms with Gasteiger partial charge in [0.05, 0.1) is 12.4 Å². The van der Waals surface area contributed by atoms with Gasteiger partial charge in [-0.05, 0) is 5.56 Å². The van der Waals surface area contributed by atoms with Crippen molar-refractivity contribution in [3.63, 3.8) is 0 Å². The molecule has 0 atom stereocenters. The van der Waals surface area contributed by atoms with Gasteiger partial charge in [-0.1, -0.05) is 30.3 Å². The molecule has 2 N–H and O–H groups in total. The molecule has 2 rings (SSSR count). The number of rotatable bonds is 4. The van der Waals surface area contributed by atoms with E-state index in [-0.39, 0.29) is 5.69 Å². The fourth-order valence-corrected chi connectivity index (χ4v) is 1.58. The largest absolute Gasteiger partial charge is 0.364 e. The van der Waals surface area contributed by atoms with Gasteiger partial charge in [0, 0.05) is 13.6 Å². The van der Waals surface area contributed by atoms with E-state index in [1.807, 2.05) is 42.3 Å². The van der Waals surface area contributed by atoms with E-state index in [4.69, 9.17) is 5.73 Å². The summed E-state index contributed by atoms with van der Waals surface area (Å²) < 4.78 is 0. The van der Waals surface area contributed by atoms with E-state index >= 15 is 0 Å². The Balaban J connectivity index is 2.09. The van der Waals surface area contributed by atoms with Crippen LogP contribution in [-0.2, 0) is 6.54 Å². The second kappa shape index (κ2) is 5.27. The number of benzene rings is 1. The quantitative estimate of drug-likeness (QED) is 0.874. The Morgan fingerprint density at radius 3 is 2.50 bits per heavy atom. The topological polar surface area (TPSA) is 72.1 Å². The summed E-state index contributed by atoms with van der Waals surface area (Å²) in [6.45, 7) is 0.728. The van der Waals surface area contributed by atoms with Crippen molar-refractivity contribution in [3.05, 3.63) is 54.0 Å². The Kier molecular flexibility index (Phi) is 3.52. The molecule has 92 valence electrons. The predicted octanol–water partition coefficient (Wildman–Crippen LogP) is 1.21. The molecule has 1 aromatic heterocycles. The lowest BCUT2D eigenvalue weighted by Gasteiger charge is -2.17. The van der Waals surface area contributed by atoms with Crippen LogP contribution in [0.2, 0.25) is 0 Å². The van der Waals surface area contributed by atoms with Crippen molar-refractivity contribution >= 4 is 11.7 Å². The molecule has 0 unspecified atom stereocenters. The molecular formula is C13H14N4O. The smallest absolute Gasteiger partial charge is 0.268 e. The fourth-order valence-electron chi connectivity index (χ4n) is 1.58. The van der Waals surface area contributed by atoms with Crippen molar-refractivity contribution < 1.29 is 4.79 Å². The summed E-state index contributed by atoms with van der Waals surface area (Å²) in [6.07, 6.45) is 2.93. The van der Waals surface area contributed by atoms with Gasteiger partial charge < -0.3 is 10.6 Å². The standard InChI is InChI=1S/C13H14N4O/c1-17(9-10-5-3-2-4-6-10)12-8-15-11(7-16-12)13(14)18/h2-8H,9H2,1H3,(H2,14,18). The van der Waals surface area contributed by atoms with Crippen molar-refractivity contribution in [1.29, 1.82) is 0 Å². The van der Waals surface area contributed by atoms with E-state index in [9.17, 15) is 4.79 Å². The zero-order valence-electron chi connectivity index (χ0n) is 10.1. The minimum atomic E-state index is -0.570. The van der Waals surface area contributed by atoms with Crippen LogP contribution in [0.25, 0.3) is 0 Å². The minimum absolute atomic E-state index is 0.173. The van der Waals surface area contributed by atoms with Crippen LogP contribution in [0.4, 0.5) is 5.82 Å². The number of hydrogen-bond acceptors (Lipinski definition) is 4. The highest BCUT2D eigenvalue weighted by molar-refractivity contribution is 5.90. The summed E-state index contributed by atoms with van der Waals surface area (Å²) in [5.41, 5.74) is 6.46. The van der Waals surface area contributed by atoms with Gasteiger partial charge in [-0.25, -0.2) is 9.97 Å². The third-order valence-corrected chi connectivity index (χ3v) is 2.54. The number of carbonyl (C=O) groups is 1. The van der Waals surface area contributed by atoms with E-state index in [2.05, 4.69) is 9.97 Å². The maximum absolute atomic E-state index is 10.9. The van der Waals surface area contributed by atoms with Crippen molar-refractivity contribution in [3.8, 4) is 0 Å². The molecular weight excluding hydrogens is 228 g/mol. The molecule has 0 saturated carbocycles. The molecule has 0 aliphatic heterocycles. The molecule has 0 fully saturated rings. The third kappa shape index (κ3) is 2.82. The summed E-state index contributed by atoms with van der Waals surface area (Å²) in [4.78, 5) is 21.0. The second-order valence-corrected chi connectivity index (χ2v) is 3.97. The van der Waals surface area contributed by atoms with Crippen LogP contribution >= 0.6 is 0 Å². The number of nitrogens with two attached hydrogens (primary N) is 1. The zero-order chi connectivity index (χ0) is 13.0. The first-order valence-electron chi connectivity index (χ1n) is 5.54. The first-order chi connectivity index (χ1) is 8.66. The molecule has 2 aromatic rings. The molecule has 0 aliphatic carbocycles.